The molecule has 2 aliphatic carbocycles. The Morgan fingerprint density at radius 2 is 1.38 bits per heavy atom. The number of aryl methyl sites for hydroxylation is 1. The lowest BCUT2D eigenvalue weighted by atomic mass is 9.78. The summed E-state index contributed by atoms with van der Waals surface area (Å²) in [7, 11) is -5.42. The lowest BCUT2D eigenvalue weighted by Gasteiger charge is -2.36. The summed E-state index contributed by atoms with van der Waals surface area (Å²) in [6.07, 6.45) is 5.42. The van der Waals surface area contributed by atoms with Crippen molar-refractivity contribution < 1.29 is 22.6 Å². The monoisotopic (exact) mass is 844 g/mol. The summed E-state index contributed by atoms with van der Waals surface area (Å²) in [6.45, 7) is -12.4. The van der Waals surface area contributed by atoms with Crippen molar-refractivity contribution in [3.05, 3.63) is 163 Å². The van der Waals surface area contributed by atoms with Crippen LogP contribution >= 0.6 is 0 Å². The van der Waals surface area contributed by atoms with Crippen molar-refractivity contribution in [3.63, 3.8) is 0 Å². The fraction of sp³-hybridized carbons (Fsp3) is 0.161. The molecule has 0 atom stereocenters. The fourth-order valence-corrected chi connectivity index (χ4v) is 12.4. The Kier molecular flexibility index (Phi) is 5.50. The van der Waals surface area contributed by atoms with Gasteiger partial charge in [-0.1, -0.05) is 111 Å². The van der Waals surface area contributed by atoms with Gasteiger partial charge in [-0.15, -0.1) is 0 Å². The van der Waals surface area contributed by atoms with E-state index in [0.29, 0.717) is 64.6 Å². The van der Waals surface area contributed by atoms with E-state index >= 15 is 0 Å². The molecule has 0 radical (unpaired) electrons. The third-order valence-electron chi connectivity index (χ3n) is 13.3. The van der Waals surface area contributed by atoms with Crippen LogP contribution in [0.2, 0.25) is 13.0 Å². The van der Waals surface area contributed by atoms with Crippen LogP contribution in [0.25, 0.3) is 89.3 Å². The average Bonchev–Trinajstić information content (AvgIpc) is 4.22. The molecule has 1 saturated carbocycles. The van der Waals surface area contributed by atoms with E-state index in [1.54, 1.807) is 16.8 Å². The van der Waals surface area contributed by atoms with Crippen molar-refractivity contribution in [1.82, 2.24) is 23.9 Å². The summed E-state index contributed by atoms with van der Waals surface area (Å²) in [6, 6.07) is 39.2. The zero-order valence-corrected chi connectivity index (χ0v) is 34.8. The van der Waals surface area contributed by atoms with Gasteiger partial charge in [0.1, 0.15) is 25.9 Å². The number of benzene rings is 7. The van der Waals surface area contributed by atoms with Crippen LogP contribution in [0, 0.1) is 13.7 Å². The van der Waals surface area contributed by atoms with Crippen LogP contribution in [0.3, 0.4) is 0 Å². The Balaban J connectivity index is 1.29. The number of hydrogen-bond donors (Lipinski definition) is 0. The maximum absolute atomic E-state index is 10.5. The van der Waals surface area contributed by atoms with Gasteiger partial charge in [-0.25, -0.2) is 15.0 Å². The Hall–Kier alpha value is -7.09. The van der Waals surface area contributed by atoms with Gasteiger partial charge in [0, 0.05) is 40.7 Å². The molecule has 0 spiro atoms. The first kappa shape index (κ1) is 25.7. The summed E-state index contributed by atoms with van der Waals surface area (Å²) in [5.41, 5.74) is 8.29. The molecule has 10 aromatic rings. The van der Waals surface area contributed by atoms with Gasteiger partial charge < -0.3 is 4.74 Å². The molecule has 7 aromatic carbocycles. The lowest BCUT2D eigenvalue weighted by Crippen LogP contribution is -2.56. The van der Waals surface area contributed by atoms with E-state index in [4.69, 9.17) is 18.8 Å². The van der Waals surface area contributed by atoms with Crippen LogP contribution in [-0.2, 0) is 0 Å². The summed E-state index contributed by atoms with van der Waals surface area (Å²) in [5, 5.41) is -0.413. The molecule has 3 aliphatic rings. The van der Waals surface area contributed by atoms with E-state index in [2.05, 4.69) is 4.98 Å². The Morgan fingerprint density at radius 3 is 2.17 bits per heavy atom. The zero-order valence-electron chi connectivity index (χ0n) is 46.8. The first-order valence-corrected chi connectivity index (χ1v) is 23.2. The minimum Gasteiger partial charge on any atom is -0.457 e. The highest BCUT2D eigenvalue weighted by Crippen LogP contribution is 2.53. The van der Waals surface area contributed by atoms with Crippen molar-refractivity contribution in [3.8, 4) is 73.0 Å². The SMILES string of the molecule is [2H]C([2H])([2H])c1ccc2c(c1)Oc1c(cc(-n3c4ccccc4n4c5ccccc5nc34)c(C([2H])([2H])[2H])c1-c1cc3c(cc1C1([2H])CCCC1)-c1ccccc1-c1cncnc1-c1ccccc1-3)[Si]2(C([2H])([2H])[2H])C([2H])([2H])[2H]. The topological polar surface area (TPSA) is 57.2 Å². The molecule has 0 N–H and O–H groups in total. The van der Waals surface area contributed by atoms with E-state index in [-0.39, 0.29) is 55.6 Å². The number of ether oxygens (including phenoxy) is 1. The highest BCUT2D eigenvalue weighted by Gasteiger charge is 2.40. The number of fused-ring (bicyclic) bond motifs is 15. The van der Waals surface area contributed by atoms with Crippen LogP contribution in [0.5, 0.6) is 11.5 Å². The van der Waals surface area contributed by atoms with Crippen LogP contribution in [-0.4, -0.2) is 32.0 Å². The molecule has 0 bridgehead atoms. The molecule has 63 heavy (non-hydrogen) atoms. The van der Waals surface area contributed by atoms with E-state index in [1.807, 2.05) is 108 Å². The molecule has 1 fully saturated rings. The van der Waals surface area contributed by atoms with Gasteiger partial charge in [0.15, 0.2) is 0 Å². The molecule has 0 saturated heterocycles. The van der Waals surface area contributed by atoms with Crippen molar-refractivity contribution in [1.29, 1.82) is 0 Å². The molecule has 7 heteroatoms. The molecule has 1 aliphatic heterocycles. The van der Waals surface area contributed by atoms with Crippen LogP contribution in [0.15, 0.2) is 146 Å². The van der Waals surface area contributed by atoms with E-state index < -0.39 is 40.6 Å². The van der Waals surface area contributed by atoms with Gasteiger partial charge in [-0.3, -0.25) is 8.97 Å². The van der Waals surface area contributed by atoms with Crippen molar-refractivity contribution in [2.45, 2.75) is 58.2 Å². The summed E-state index contributed by atoms with van der Waals surface area (Å²) in [4.78, 5) is 14.4. The Morgan fingerprint density at radius 1 is 0.667 bits per heavy atom. The molecule has 6 nitrogen and oxygen atoms in total. The minimum atomic E-state index is -5.42. The predicted octanol–water partition coefficient (Wildman–Crippen LogP) is 13.1. The summed E-state index contributed by atoms with van der Waals surface area (Å²) < 4.78 is 133. The van der Waals surface area contributed by atoms with Crippen LogP contribution in [0.4, 0.5) is 0 Å². The molecule has 0 amide bonds. The second-order valence-corrected chi connectivity index (χ2v) is 19.4. The molecule has 4 heterocycles. The Bertz CT molecular complexity index is 4080. The summed E-state index contributed by atoms with van der Waals surface area (Å²) >= 11 is 0. The third kappa shape index (κ3) is 5.20. The molecule has 13 rings (SSSR count). The number of aromatic nitrogens is 5. The maximum atomic E-state index is 10.5. The number of imidazole rings is 2. The van der Waals surface area contributed by atoms with Gasteiger partial charge >= 0.3 is 0 Å². The largest absolute Gasteiger partial charge is 0.457 e. The van der Waals surface area contributed by atoms with Crippen molar-refractivity contribution >= 4 is 46.3 Å². The maximum Gasteiger partial charge on any atom is 0.220 e. The van der Waals surface area contributed by atoms with Gasteiger partial charge in [0.2, 0.25) is 5.78 Å². The lowest BCUT2D eigenvalue weighted by molar-refractivity contribution is 0.487. The smallest absolute Gasteiger partial charge is 0.220 e. The first-order chi connectivity index (χ1) is 36.1. The second kappa shape index (κ2) is 13.5. The van der Waals surface area contributed by atoms with Crippen LogP contribution < -0.4 is 15.1 Å². The predicted molar refractivity (Wildman–Crippen MR) is 260 cm³/mol. The zero-order chi connectivity index (χ0) is 53.1. The number of rotatable bonds is 3. The third-order valence-corrected chi connectivity index (χ3v) is 15.7. The fourth-order valence-electron chi connectivity index (χ4n) is 10.5. The van der Waals surface area contributed by atoms with E-state index in [9.17, 15) is 13.7 Å². The quantitative estimate of drug-likeness (QED) is 0.166. The molecule has 3 aromatic heterocycles. The molecular weight excluding hydrogens is 787 g/mol. The first-order valence-electron chi connectivity index (χ1n) is 27.7. The average molecular weight is 845 g/mol. The standard InChI is InChI=1S/C56H45N5OSi/c1-33-25-26-51-50(27-33)62-55-52(63(51,3)4)30-49(61-48-24-14-13-23-47(48)60-46-22-12-11-21-45(46)59-56(60)61)34(2)53(55)43-29-42-38-19-9-10-20-39(38)54-44(31-57-32-58-54)37-18-8-7-17-36(37)41(42)28-40(43)35-15-5-6-16-35/h7-14,17-32,35H,5-6,15-16H2,1-4H3/i1D3,2D3,3D3,4D3,35D. The summed E-state index contributed by atoms with van der Waals surface area (Å²) in [5.74, 6) is -1.70. The second-order valence-electron chi connectivity index (χ2n) is 16.8. The van der Waals surface area contributed by atoms with Crippen molar-refractivity contribution in [2.24, 2.45) is 0 Å². The minimum absolute atomic E-state index is 0.0497. The molecule has 304 valence electrons. The number of hydrogen-bond acceptors (Lipinski definition) is 4. The number of para-hydroxylation sites is 4. The van der Waals surface area contributed by atoms with E-state index in [0.717, 1.165) is 33.4 Å². The normalized spacial score (nSPS) is 19.3. The van der Waals surface area contributed by atoms with Crippen molar-refractivity contribution in [2.75, 3.05) is 0 Å². The number of nitrogens with zero attached hydrogens (tertiary/aromatic N) is 5. The van der Waals surface area contributed by atoms with Gasteiger partial charge in [0.05, 0.1) is 33.4 Å². The highest BCUT2D eigenvalue weighted by atomic mass is 28.3. The van der Waals surface area contributed by atoms with E-state index in [1.165, 1.54) is 30.6 Å². The Labute approximate surface area is 385 Å². The van der Waals surface area contributed by atoms with Gasteiger partial charge in [-0.2, -0.15) is 0 Å². The van der Waals surface area contributed by atoms with Gasteiger partial charge in [-0.05, 0) is 141 Å². The van der Waals surface area contributed by atoms with Gasteiger partial charge in [0.25, 0.3) is 0 Å². The highest BCUT2D eigenvalue weighted by molar-refractivity contribution is 7.01. The van der Waals surface area contributed by atoms with Crippen LogP contribution in [0.1, 0.15) is 66.1 Å². The molecular formula is C56H45N5OSi. The molecule has 0 unspecified atom stereocenters.